The molecule has 1 aromatic carbocycles. The predicted octanol–water partition coefficient (Wildman–Crippen LogP) is 2.35. The zero-order valence-electron chi connectivity index (χ0n) is 16.2. The molecule has 1 amide bonds. The van der Waals surface area contributed by atoms with Crippen molar-refractivity contribution in [2.75, 3.05) is 26.2 Å². The Hall–Kier alpha value is -1.44. The summed E-state index contributed by atoms with van der Waals surface area (Å²) in [7, 11) is -3.53. The van der Waals surface area contributed by atoms with E-state index in [0.717, 1.165) is 50.0 Å². The van der Waals surface area contributed by atoms with E-state index in [1.54, 1.807) is 12.1 Å². The van der Waals surface area contributed by atoms with Gasteiger partial charge >= 0.3 is 0 Å². The highest BCUT2D eigenvalue weighted by molar-refractivity contribution is 7.89. The van der Waals surface area contributed by atoms with Gasteiger partial charge in [-0.15, -0.1) is 0 Å². The summed E-state index contributed by atoms with van der Waals surface area (Å²) in [6.45, 7) is 5.14. The molecule has 1 unspecified atom stereocenters. The first-order valence-electron chi connectivity index (χ1n) is 10.1. The summed E-state index contributed by atoms with van der Waals surface area (Å²) >= 11 is 0. The summed E-state index contributed by atoms with van der Waals surface area (Å²) in [6.07, 6.45) is 7.61. The van der Waals surface area contributed by atoms with E-state index in [-0.39, 0.29) is 16.8 Å². The van der Waals surface area contributed by atoms with E-state index >= 15 is 0 Å². The molecular formula is C20H31N3O3S. The van der Waals surface area contributed by atoms with Crippen LogP contribution in [-0.4, -0.2) is 45.4 Å². The number of hydrogen-bond acceptors (Lipinski definition) is 4. The van der Waals surface area contributed by atoms with Gasteiger partial charge in [0.25, 0.3) is 0 Å². The van der Waals surface area contributed by atoms with Gasteiger partial charge in [0.15, 0.2) is 0 Å². The van der Waals surface area contributed by atoms with E-state index in [1.165, 1.54) is 32.6 Å². The van der Waals surface area contributed by atoms with Gasteiger partial charge in [-0.25, -0.2) is 13.1 Å². The molecule has 0 bridgehead atoms. The quantitative estimate of drug-likeness (QED) is 0.697. The third-order valence-electron chi connectivity index (χ3n) is 5.52. The Morgan fingerprint density at radius 3 is 2.63 bits per heavy atom. The van der Waals surface area contributed by atoms with Crippen molar-refractivity contribution in [2.24, 2.45) is 0 Å². The largest absolute Gasteiger partial charge is 0.350 e. The van der Waals surface area contributed by atoms with Gasteiger partial charge in [0.2, 0.25) is 15.9 Å². The first-order valence-corrected chi connectivity index (χ1v) is 11.6. The maximum atomic E-state index is 12.7. The number of carbonyl (C=O) groups excluding carboxylic acids is 1. The third kappa shape index (κ3) is 5.53. The van der Waals surface area contributed by atoms with Crippen molar-refractivity contribution < 1.29 is 13.2 Å². The molecule has 1 aliphatic heterocycles. The van der Waals surface area contributed by atoms with Gasteiger partial charge in [0, 0.05) is 13.5 Å². The van der Waals surface area contributed by atoms with Crippen LogP contribution >= 0.6 is 0 Å². The van der Waals surface area contributed by atoms with Crippen LogP contribution in [0.15, 0.2) is 23.1 Å². The minimum atomic E-state index is -3.53. The van der Waals surface area contributed by atoms with E-state index in [9.17, 15) is 13.2 Å². The number of carbonyl (C=O) groups is 1. The molecule has 27 heavy (non-hydrogen) atoms. The van der Waals surface area contributed by atoms with Crippen molar-refractivity contribution >= 4 is 15.9 Å². The van der Waals surface area contributed by atoms with Crippen LogP contribution in [0.1, 0.15) is 62.6 Å². The number of nitrogens with one attached hydrogen (secondary N) is 2. The number of rotatable bonds is 7. The Labute approximate surface area is 162 Å². The molecule has 1 aromatic rings. The fourth-order valence-corrected chi connectivity index (χ4v) is 5.20. The van der Waals surface area contributed by atoms with Crippen molar-refractivity contribution in [1.82, 2.24) is 14.9 Å². The number of nitrogens with zero attached hydrogens (tertiary/aromatic N) is 1. The summed E-state index contributed by atoms with van der Waals surface area (Å²) in [5.41, 5.74) is 2.05. The maximum Gasteiger partial charge on any atom is 0.240 e. The van der Waals surface area contributed by atoms with E-state index in [0.29, 0.717) is 6.54 Å². The molecule has 7 heteroatoms. The summed E-state index contributed by atoms with van der Waals surface area (Å²) < 4.78 is 28.0. The topological polar surface area (TPSA) is 78.5 Å². The van der Waals surface area contributed by atoms with Crippen LogP contribution in [0.25, 0.3) is 0 Å². The molecule has 0 saturated carbocycles. The van der Waals surface area contributed by atoms with Crippen molar-refractivity contribution in [2.45, 2.75) is 62.8 Å². The van der Waals surface area contributed by atoms with Crippen LogP contribution < -0.4 is 10.0 Å². The zero-order chi connectivity index (χ0) is 19.3. The van der Waals surface area contributed by atoms with E-state index in [4.69, 9.17) is 0 Å². The molecule has 3 rings (SSSR count). The first kappa shape index (κ1) is 20.3. The van der Waals surface area contributed by atoms with Gasteiger partial charge in [0.1, 0.15) is 0 Å². The minimum Gasteiger partial charge on any atom is -0.350 e. The SMILES string of the molecule is CC(=O)NC1CCc2ccc(S(=O)(=O)NCCCN3CCCCCC3)cc21. The van der Waals surface area contributed by atoms with Gasteiger partial charge in [-0.3, -0.25) is 4.79 Å². The monoisotopic (exact) mass is 393 g/mol. The van der Waals surface area contributed by atoms with E-state index in [1.807, 2.05) is 6.07 Å². The number of benzene rings is 1. The second-order valence-electron chi connectivity index (χ2n) is 7.66. The summed E-state index contributed by atoms with van der Waals surface area (Å²) in [6, 6.07) is 5.19. The molecule has 2 aliphatic rings. The van der Waals surface area contributed by atoms with Crippen molar-refractivity contribution in [1.29, 1.82) is 0 Å². The van der Waals surface area contributed by atoms with E-state index < -0.39 is 10.0 Å². The number of amides is 1. The Kier molecular flexibility index (Phi) is 6.89. The molecule has 1 heterocycles. The average molecular weight is 394 g/mol. The lowest BCUT2D eigenvalue weighted by molar-refractivity contribution is -0.119. The molecule has 0 aromatic heterocycles. The summed E-state index contributed by atoms with van der Waals surface area (Å²) in [5.74, 6) is -0.0900. The summed E-state index contributed by atoms with van der Waals surface area (Å²) in [5, 5.41) is 2.91. The summed E-state index contributed by atoms with van der Waals surface area (Å²) in [4.78, 5) is 14.1. The van der Waals surface area contributed by atoms with Crippen LogP contribution in [0, 0.1) is 0 Å². The molecule has 0 radical (unpaired) electrons. The number of likely N-dealkylation sites (tertiary alicyclic amines) is 1. The fraction of sp³-hybridized carbons (Fsp3) is 0.650. The van der Waals surface area contributed by atoms with Crippen LogP contribution in [0.2, 0.25) is 0 Å². The standard InChI is InChI=1S/C20H31N3O3S/c1-16(24)22-20-10-8-17-7-9-18(15-19(17)20)27(25,26)21-11-6-14-23-12-4-2-3-5-13-23/h7,9,15,20-21H,2-6,8,10-14H2,1H3,(H,22,24). The third-order valence-corrected chi connectivity index (χ3v) is 6.98. The minimum absolute atomic E-state index is 0.0873. The lowest BCUT2D eigenvalue weighted by atomic mass is 10.1. The van der Waals surface area contributed by atoms with Crippen molar-refractivity contribution in [3.63, 3.8) is 0 Å². The highest BCUT2D eigenvalue weighted by Gasteiger charge is 2.25. The lowest BCUT2D eigenvalue weighted by Gasteiger charge is -2.19. The molecule has 150 valence electrons. The van der Waals surface area contributed by atoms with Gasteiger partial charge in [-0.05, 0) is 75.0 Å². The molecule has 6 nitrogen and oxygen atoms in total. The van der Waals surface area contributed by atoms with Crippen LogP contribution in [0.3, 0.4) is 0 Å². The molecule has 1 atom stereocenters. The number of hydrogen-bond donors (Lipinski definition) is 2. The average Bonchev–Trinajstić information content (AvgIpc) is 2.84. The Bertz CT molecular complexity index is 756. The van der Waals surface area contributed by atoms with E-state index in [2.05, 4.69) is 14.9 Å². The number of fused-ring (bicyclic) bond motifs is 1. The highest BCUT2D eigenvalue weighted by Crippen LogP contribution is 2.32. The predicted molar refractivity (Wildman–Crippen MR) is 106 cm³/mol. The highest BCUT2D eigenvalue weighted by atomic mass is 32.2. The zero-order valence-corrected chi connectivity index (χ0v) is 17.0. The lowest BCUT2D eigenvalue weighted by Crippen LogP contribution is -2.31. The van der Waals surface area contributed by atoms with Gasteiger partial charge in [0.05, 0.1) is 10.9 Å². The van der Waals surface area contributed by atoms with Gasteiger partial charge < -0.3 is 10.2 Å². The van der Waals surface area contributed by atoms with Crippen LogP contribution in [0.4, 0.5) is 0 Å². The number of aryl methyl sites for hydroxylation is 1. The van der Waals surface area contributed by atoms with Crippen LogP contribution in [-0.2, 0) is 21.2 Å². The Morgan fingerprint density at radius 1 is 1.19 bits per heavy atom. The second-order valence-corrected chi connectivity index (χ2v) is 9.43. The molecule has 1 saturated heterocycles. The maximum absolute atomic E-state index is 12.7. The smallest absolute Gasteiger partial charge is 0.240 e. The molecule has 1 aliphatic carbocycles. The first-order chi connectivity index (χ1) is 13.0. The molecule has 0 spiro atoms. The Balaban J connectivity index is 1.56. The van der Waals surface area contributed by atoms with Crippen LogP contribution in [0.5, 0.6) is 0 Å². The second kappa shape index (κ2) is 9.17. The number of sulfonamides is 1. The fourth-order valence-electron chi connectivity index (χ4n) is 4.10. The normalized spacial score (nSPS) is 20.9. The molecule has 2 N–H and O–H groups in total. The molecule has 1 fully saturated rings. The van der Waals surface area contributed by atoms with Crippen molar-refractivity contribution in [3.05, 3.63) is 29.3 Å². The van der Waals surface area contributed by atoms with Gasteiger partial charge in [-0.2, -0.15) is 0 Å². The Morgan fingerprint density at radius 2 is 1.93 bits per heavy atom. The van der Waals surface area contributed by atoms with Crippen molar-refractivity contribution in [3.8, 4) is 0 Å². The molecular weight excluding hydrogens is 362 g/mol. The van der Waals surface area contributed by atoms with Gasteiger partial charge in [-0.1, -0.05) is 18.9 Å².